The molecule has 2 aromatic rings. The molecule has 1 heterocycles. The molecule has 2 aromatic carbocycles. The number of ether oxygens (including phenoxy) is 3. The summed E-state index contributed by atoms with van der Waals surface area (Å²) in [5, 5.41) is 11.0. The van der Waals surface area contributed by atoms with Gasteiger partial charge in [-0.15, -0.1) is 0 Å². The molecule has 2 amide bonds. The Morgan fingerprint density at radius 3 is 2.56 bits per heavy atom. The van der Waals surface area contributed by atoms with Gasteiger partial charge in [-0.3, -0.25) is 5.21 Å². The van der Waals surface area contributed by atoms with Crippen LogP contribution >= 0.6 is 0 Å². The number of nitrogens with one attached hydrogen (secondary N) is 2. The SMILES string of the molecule is CC(C)OC1(C)CCc2ccc(Oc3ccc(NC(=O)NO)cc3)cc2O1. The molecule has 0 fully saturated rings. The molecule has 7 heteroatoms. The smallest absolute Gasteiger partial charge is 0.342 e. The van der Waals surface area contributed by atoms with Crippen LogP contribution in [0.2, 0.25) is 0 Å². The number of rotatable bonds is 5. The van der Waals surface area contributed by atoms with Crippen LogP contribution in [0, 0.1) is 0 Å². The quantitative estimate of drug-likeness (QED) is 0.533. The number of aryl methyl sites for hydroxylation is 1. The van der Waals surface area contributed by atoms with Crippen molar-refractivity contribution in [2.45, 2.75) is 45.5 Å². The summed E-state index contributed by atoms with van der Waals surface area (Å²) in [6, 6.07) is 11.9. The Morgan fingerprint density at radius 2 is 1.89 bits per heavy atom. The number of carbonyl (C=O) groups excluding carboxylic acids is 1. The number of fused-ring (bicyclic) bond motifs is 1. The number of urea groups is 1. The Morgan fingerprint density at radius 1 is 1.19 bits per heavy atom. The van der Waals surface area contributed by atoms with Crippen molar-refractivity contribution >= 4 is 11.7 Å². The molecule has 7 nitrogen and oxygen atoms in total. The summed E-state index contributed by atoms with van der Waals surface area (Å²) in [7, 11) is 0. The topological polar surface area (TPSA) is 89.1 Å². The van der Waals surface area contributed by atoms with Crippen LogP contribution in [0.1, 0.15) is 32.8 Å². The number of amides is 2. The Bertz CT molecular complexity index is 807. The number of anilines is 1. The predicted octanol–water partition coefficient (Wildman–Crippen LogP) is 4.46. The monoisotopic (exact) mass is 372 g/mol. The summed E-state index contributed by atoms with van der Waals surface area (Å²) in [5.74, 6) is 1.39. The zero-order valence-corrected chi connectivity index (χ0v) is 15.6. The summed E-state index contributed by atoms with van der Waals surface area (Å²) < 4.78 is 17.9. The van der Waals surface area contributed by atoms with E-state index in [0.29, 0.717) is 17.2 Å². The summed E-state index contributed by atoms with van der Waals surface area (Å²) in [5.41, 5.74) is 3.17. The molecule has 1 aliphatic heterocycles. The van der Waals surface area contributed by atoms with Crippen LogP contribution < -0.4 is 20.3 Å². The third kappa shape index (κ3) is 4.90. The van der Waals surface area contributed by atoms with Crippen molar-refractivity contribution in [2.75, 3.05) is 5.32 Å². The van der Waals surface area contributed by atoms with Crippen molar-refractivity contribution in [1.29, 1.82) is 0 Å². The highest BCUT2D eigenvalue weighted by Crippen LogP contribution is 2.37. The molecule has 1 atom stereocenters. The Labute approximate surface area is 158 Å². The van der Waals surface area contributed by atoms with E-state index in [1.807, 2.05) is 39.0 Å². The number of carbonyl (C=O) groups is 1. The molecule has 3 rings (SSSR count). The van der Waals surface area contributed by atoms with Gasteiger partial charge in [0.15, 0.2) is 0 Å². The van der Waals surface area contributed by atoms with Crippen LogP contribution in [0.15, 0.2) is 42.5 Å². The predicted molar refractivity (Wildman–Crippen MR) is 100 cm³/mol. The first-order valence-corrected chi connectivity index (χ1v) is 8.86. The van der Waals surface area contributed by atoms with E-state index in [4.69, 9.17) is 19.4 Å². The van der Waals surface area contributed by atoms with Crippen molar-refractivity contribution in [2.24, 2.45) is 0 Å². The number of benzene rings is 2. The minimum absolute atomic E-state index is 0.0796. The van der Waals surface area contributed by atoms with E-state index < -0.39 is 11.8 Å². The highest BCUT2D eigenvalue weighted by Gasteiger charge is 2.33. The second-order valence-electron chi connectivity index (χ2n) is 6.86. The van der Waals surface area contributed by atoms with Gasteiger partial charge in [-0.05, 0) is 56.2 Å². The van der Waals surface area contributed by atoms with Gasteiger partial charge in [0.1, 0.15) is 17.2 Å². The highest BCUT2D eigenvalue weighted by molar-refractivity contribution is 5.88. The first-order valence-electron chi connectivity index (χ1n) is 8.86. The number of hydrogen-bond donors (Lipinski definition) is 3. The van der Waals surface area contributed by atoms with E-state index >= 15 is 0 Å². The van der Waals surface area contributed by atoms with Gasteiger partial charge >= 0.3 is 6.03 Å². The van der Waals surface area contributed by atoms with Gasteiger partial charge in [-0.25, -0.2) is 10.3 Å². The minimum Gasteiger partial charge on any atom is -0.462 e. The summed E-state index contributed by atoms with van der Waals surface area (Å²) in [4.78, 5) is 11.1. The van der Waals surface area contributed by atoms with E-state index in [1.54, 1.807) is 24.3 Å². The van der Waals surface area contributed by atoms with Gasteiger partial charge in [-0.2, -0.15) is 0 Å². The van der Waals surface area contributed by atoms with Crippen LogP contribution in [0.4, 0.5) is 10.5 Å². The third-order valence-electron chi connectivity index (χ3n) is 4.15. The zero-order chi connectivity index (χ0) is 19.4. The Hall–Kier alpha value is -2.77. The molecule has 144 valence electrons. The standard InChI is InChI=1S/C20H24N2O5/c1-13(2)26-20(3)11-10-14-4-7-17(12-18(14)27-20)25-16-8-5-15(6-9-16)21-19(23)22-24/h4-9,12-13,24H,10-11H2,1-3H3,(H2,21,22,23). The molecule has 27 heavy (non-hydrogen) atoms. The average molecular weight is 372 g/mol. The lowest BCUT2D eigenvalue weighted by Gasteiger charge is -2.36. The molecule has 0 bridgehead atoms. The Kier molecular flexibility index (Phi) is 5.53. The van der Waals surface area contributed by atoms with Crippen molar-refractivity contribution in [3.63, 3.8) is 0 Å². The second-order valence-corrected chi connectivity index (χ2v) is 6.86. The molecule has 0 saturated carbocycles. The maximum atomic E-state index is 11.1. The van der Waals surface area contributed by atoms with Crippen LogP contribution in [0.25, 0.3) is 0 Å². The van der Waals surface area contributed by atoms with E-state index in [2.05, 4.69) is 5.32 Å². The van der Waals surface area contributed by atoms with Crippen molar-refractivity contribution < 1.29 is 24.2 Å². The fourth-order valence-corrected chi connectivity index (χ4v) is 3.03. The van der Waals surface area contributed by atoms with Gasteiger partial charge in [0, 0.05) is 25.1 Å². The zero-order valence-electron chi connectivity index (χ0n) is 15.6. The minimum atomic E-state index is -0.706. The normalized spacial score (nSPS) is 18.4. The molecule has 1 aliphatic rings. The van der Waals surface area contributed by atoms with E-state index in [1.165, 1.54) is 5.48 Å². The van der Waals surface area contributed by atoms with E-state index in [0.717, 1.165) is 24.2 Å². The molecular weight excluding hydrogens is 348 g/mol. The lowest BCUT2D eigenvalue weighted by Crippen LogP contribution is -2.41. The molecule has 0 aliphatic carbocycles. The van der Waals surface area contributed by atoms with Crippen molar-refractivity contribution in [3.05, 3.63) is 48.0 Å². The maximum Gasteiger partial charge on any atom is 0.342 e. The summed E-state index contributed by atoms with van der Waals surface area (Å²) >= 11 is 0. The van der Waals surface area contributed by atoms with E-state index in [-0.39, 0.29) is 6.10 Å². The van der Waals surface area contributed by atoms with Crippen LogP contribution in [0.3, 0.4) is 0 Å². The highest BCUT2D eigenvalue weighted by atomic mass is 16.7. The van der Waals surface area contributed by atoms with Crippen LogP contribution in [-0.2, 0) is 11.2 Å². The van der Waals surface area contributed by atoms with E-state index in [9.17, 15) is 4.79 Å². The van der Waals surface area contributed by atoms with Gasteiger partial charge in [-0.1, -0.05) is 6.07 Å². The molecule has 3 N–H and O–H groups in total. The van der Waals surface area contributed by atoms with Crippen LogP contribution in [0.5, 0.6) is 17.2 Å². The average Bonchev–Trinajstić information content (AvgIpc) is 2.62. The molecule has 1 unspecified atom stereocenters. The third-order valence-corrected chi connectivity index (χ3v) is 4.15. The molecule has 0 spiro atoms. The lowest BCUT2D eigenvalue weighted by atomic mass is 10.0. The first-order chi connectivity index (χ1) is 12.9. The largest absolute Gasteiger partial charge is 0.462 e. The molecule has 0 radical (unpaired) electrons. The van der Waals surface area contributed by atoms with Gasteiger partial charge < -0.3 is 19.5 Å². The van der Waals surface area contributed by atoms with Gasteiger partial charge in [0.05, 0.1) is 6.10 Å². The molecule has 0 saturated heterocycles. The number of hydrogen-bond acceptors (Lipinski definition) is 5. The fourth-order valence-electron chi connectivity index (χ4n) is 3.03. The van der Waals surface area contributed by atoms with Gasteiger partial charge in [0.25, 0.3) is 0 Å². The molecular formula is C20H24N2O5. The molecule has 0 aromatic heterocycles. The van der Waals surface area contributed by atoms with Crippen molar-refractivity contribution in [1.82, 2.24) is 5.48 Å². The number of hydroxylamine groups is 1. The maximum absolute atomic E-state index is 11.1. The second kappa shape index (κ2) is 7.85. The lowest BCUT2D eigenvalue weighted by molar-refractivity contribution is -0.200. The summed E-state index contributed by atoms with van der Waals surface area (Å²) in [6.07, 6.45) is 1.76. The Balaban J connectivity index is 1.70. The first kappa shape index (κ1) is 19.0. The van der Waals surface area contributed by atoms with Crippen LogP contribution in [-0.4, -0.2) is 23.1 Å². The summed E-state index contributed by atoms with van der Waals surface area (Å²) in [6.45, 7) is 5.94. The van der Waals surface area contributed by atoms with Crippen molar-refractivity contribution in [3.8, 4) is 17.2 Å². The fraction of sp³-hybridized carbons (Fsp3) is 0.350. The van der Waals surface area contributed by atoms with Gasteiger partial charge in [0.2, 0.25) is 5.79 Å².